The van der Waals surface area contributed by atoms with Crippen LogP contribution in [-0.4, -0.2) is 71.9 Å². The lowest BCUT2D eigenvalue weighted by Gasteiger charge is -2.37. The summed E-state index contributed by atoms with van der Waals surface area (Å²) in [7, 11) is -3.82. The molecule has 1 amide bonds. The first-order chi connectivity index (χ1) is 13.3. The van der Waals surface area contributed by atoms with Crippen LogP contribution in [0, 0.1) is 5.92 Å². The van der Waals surface area contributed by atoms with Gasteiger partial charge in [-0.15, -0.1) is 0 Å². The summed E-state index contributed by atoms with van der Waals surface area (Å²) in [5.41, 5.74) is 0. The third kappa shape index (κ3) is 4.58. The minimum Gasteiger partial charge on any atom is -0.489 e. The number of nitrogens with zero attached hydrogens (tertiary/aromatic N) is 2. The third-order valence-electron chi connectivity index (χ3n) is 5.08. The van der Waals surface area contributed by atoms with E-state index in [4.69, 9.17) is 31.5 Å². The number of carbonyl (C=O) groups is 1. The quantitative estimate of drug-likeness (QED) is 0.533. The summed E-state index contributed by atoms with van der Waals surface area (Å²) in [6.45, 7) is 0.512. The van der Waals surface area contributed by atoms with Crippen LogP contribution >= 0.6 is 11.6 Å². The van der Waals surface area contributed by atoms with Gasteiger partial charge in [-0.3, -0.25) is 15.2 Å². The van der Waals surface area contributed by atoms with Crippen LogP contribution in [0.25, 0.3) is 0 Å². The van der Waals surface area contributed by atoms with E-state index < -0.39 is 32.3 Å². The van der Waals surface area contributed by atoms with Crippen molar-refractivity contribution in [3.05, 3.63) is 29.3 Å². The zero-order chi connectivity index (χ0) is 20.3. The summed E-state index contributed by atoms with van der Waals surface area (Å²) in [5.74, 6) is -1.69. The first-order valence-corrected chi connectivity index (χ1v) is 10.9. The molecule has 2 unspecified atom stereocenters. The summed E-state index contributed by atoms with van der Waals surface area (Å²) >= 11 is 6.10. The Morgan fingerprint density at radius 2 is 1.89 bits per heavy atom. The lowest BCUT2D eigenvalue weighted by Crippen LogP contribution is -2.53. The Kier molecular flexibility index (Phi) is 6.79. The Morgan fingerprint density at radius 3 is 2.54 bits per heavy atom. The Labute approximate surface area is 168 Å². The van der Waals surface area contributed by atoms with Crippen LogP contribution in [0.2, 0.25) is 5.02 Å². The van der Waals surface area contributed by atoms with Gasteiger partial charge in [-0.25, -0.2) is 12.7 Å². The predicted octanol–water partition coefficient (Wildman–Crippen LogP) is 1.53. The van der Waals surface area contributed by atoms with Gasteiger partial charge in [0.15, 0.2) is 0 Å². The number of carbonyl (C=O) groups excluding carboxylic acids is 1. The topological polar surface area (TPSA) is 117 Å². The molecule has 2 atom stereocenters. The van der Waals surface area contributed by atoms with E-state index in [9.17, 15) is 13.2 Å². The van der Waals surface area contributed by atoms with Crippen molar-refractivity contribution in [3.8, 4) is 5.75 Å². The van der Waals surface area contributed by atoms with Crippen molar-refractivity contribution < 1.29 is 33.1 Å². The van der Waals surface area contributed by atoms with Gasteiger partial charge in [0, 0.05) is 19.7 Å². The van der Waals surface area contributed by atoms with Gasteiger partial charge in [-0.1, -0.05) is 29.0 Å². The van der Waals surface area contributed by atoms with E-state index in [0.717, 1.165) is 0 Å². The van der Waals surface area contributed by atoms with Gasteiger partial charge in [-0.2, -0.15) is 0 Å². The van der Waals surface area contributed by atoms with Gasteiger partial charge >= 0.3 is 0 Å². The summed E-state index contributed by atoms with van der Waals surface area (Å²) in [6.07, 6.45) is 0.920. The maximum atomic E-state index is 13.1. The Hall–Kier alpha value is -1.43. The molecule has 1 aromatic rings. The number of amides is 1. The standard InChI is InChI=1S/C17H23ClN2O7S/c18-14-3-1-2-4-15(14)27-12-5-8-19(9-6-12)28(24,25)16-7-10-26-11-13(16)17(21)20(22)23/h1-4,12-13,16,22-23H,5-11H2. The number of sulfonamides is 1. The molecule has 1 aromatic carbocycles. The Bertz CT molecular complexity index is 796. The SMILES string of the molecule is O=C(C1COCCC1S(=O)(=O)N1CCC(Oc2ccccc2Cl)CC1)N(O)O. The summed E-state index contributed by atoms with van der Waals surface area (Å²) < 4.78 is 38.5. The van der Waals surface area contributed by atoms with Crippen molar-refractivity contribution in [2.24, 2.45) is 5.92 Å². The molecule has 2 fully saturated rings. The highest BCUT2D eigenvalue weighted by molar-refractivity contribution is 7.89. The molecule has 11 heteroatoms. The molecular weight excluding hydrogens is 412 g/mol. The Morgan fingerprint density at radius 1 is 1.21 bits per heavy atom. The molecule has 2 N–H and O–H groups in total. The molecule has 0 saturated carbocycles. The fourth-order valence-corrected chi connectivity index (χ4v) is 5.86. The molecule has 2 aliphatic rings. The number of para-hydroxylation sites is 1. The van der Waals surface area contributed by atoms with Crippen molar-refractivity contribution in [2.45, 2.75) is 30.6 Å². The highest BCUT2D eigenvalue weighted by atomic mass is 35.5. The lowest BCUT2D eigenvalue weighted by atomic mass is 10.0. The molecule has 2 saturated heterocycles. The highest BCUT2D eigenvalue weighted by Gasteiger charge is 2.45. The maximum Gasteiger partial charge on any atom is 0.279 e. The molecule has 0 radical (unpaired) electrons. The number of ether oxygens (including phenoxy) is 2. The number of hydrogen-bond donors (Lipinski definition) is 2. The largest absolute Gasteiger partial charge is 0.489 e. The number of hydrogen-bond acceptors (Lipinski definition) is 7. The van der Waals surface area contributed by atoms with Crippen LogP contribution in [0.4, 0.5) is 0 Å². The third-order valence-corrected chi connectivity index (χ3v) is 7.81. The van der Waals surface area contributed by atoms with E-state index in [-0.39, 0.29) is 38.8 Å². The van der Waals surface area contributed by atoms with Crippen LogP contribution in [0.5, 0.6) is 5.75 Å². The van der Waals surface area contributed by atoms with E-state index in [1.807, 2.05) is 6.07 Å². The number of benzene rings is 1. The van der Waals surface area contributed by atoms with Crippen molar-refractivity contribution in [2.75, 3.05) is 26.3 Å². The second-order valence-electron chi connectivity index (χ2n) is 6.83. The fraction of sp³-hybridized carbons (Fsp3) is 0.588. The average molecular weight is 435 g/mol. The van der Waals surface area contributed by atoms with Crippen LogP contribution in [-0.2, 0) is 19.6 Å². The number of rotatable bonds is 5. The molecule has 0 aromatic heterocycles. The van der Waals surface area contributed by atoms with Crippen molar-refractivity contribution in [1.29, 1.82) is 0 Å². The van der Waals surface area contributed by atoms with Crippen LogP contribution in [0.1, 0.15) is 19.3 Å². The van der Waals surface area contributed by atoms with Gasteiger partial charge in [0.1, 0.15) is 11.9 Å². The van der Waals surface area contributed by atoms with Gasteiger partial charge in [0.2, 0.25) is 10.0 Å². The van der Waals surface area contributed by atoms with Crippen LogP contribution in [0.15, 0.2) is 24.3 Å². The Balaban J connectivity index is 1.65. The molecule has 2 aliphatic heterocycles. The van der Waals surface area contributed by atoms with E-state index in [0.29, 0.717) is 23.6 Å². The smallest absolute Gasteiger partial charge is 0.279 e. The van der Waals surface area contributed by atoms with E-state index in [2.05, 4.69) is 0 Å². The summed E-state index contributed by atoms with van der Waals surface area (Å²) in [4.78, 5) is 12.0. The molecule has 156 valence electrons. The number of halogens is 1. The molecule has 3 rings (SSSR count). The molecule has 0 bridgehead atoms. The number of piperidine rings is 1. The van der Waals surface area contributed by atoms with E-state index >= 15 is 0 Å². The van der Waals surface area contributed by atoms with Crippen LogP contribution < -0.4 is 4.74 Å². The number of hydroxylamine groups is 2. The maximum absolute atomic E-state index is 13.1. The van der Waals surface area contributed by atoms with Crippen molar-refractivity contribution >= 4 is 27.5 Å². The van der Waals surface area contributed by atoms with Crippen molar-refractivity contribution in [1.82, 2.24) is 9.53 Å². The van der Waals surface area contributed by atoms with Crippen LogP contribution in [0.3, 0.4) is 0 Å². The van der Waals surface area contributed by atoms with Gasteiger partial charge in [-0.05, 0) is 31.4 Å². The molecule has 2 heterocycles. The second kappa shape index (κ2) is 8.93. The van der Waals surface area contributed by atoms with Crippen molar-refractivity contribution in [3.63, 3.8) is 0 Å². The molecular formula is C17H23ClN2O7S. The minimum absolute atomic E-state index is 0.114. The molecule has 0 aliphatic carbocycles. The molecule has 0 spiro atoms. The summed E-state index contributed by atoms with van der Waals surface area (Å²) in [6, 6.07) is 7.11. The normalized spacial score (nSPS) is 24.7. The van der Waals surface area contributed by atoms with Gasteiger partial charge in [0.25, 0.3) is 5.91 Å². The lowest BCUT2D eigenvalue weighted by molar-refractivity contribution is -0.289. The second-order valence-corrected chi connectivity index (χ2v) is 9.39. The van der Waals surface area contributed by atoms with E-state index in [1.54, 1.807) is 18.2 Å². The minimum atomic E-state index is -3.82. The molecule has 28 heavy (non-hydrogen) atoms. The first kappa shape index (κ1) is 21.3. The zero-order valence-electron chi connectivity index (χ0n) is 15.1. The zero-order valence-corrected chi connectivity index (χ0v) is 16.7. The monoisotopic (exact) mass is 434 g/mol. The van der Waals surface area contributed by atoms with E-state index in [1.165, 1.54) is 4.31 Å². The van der Waals surface area contributed by atoms with Gasteiger partial charge < -0.3 is 9.47 Å². The predicted molar refractivity (Wildman–Crippen MR) is 98.7 cm³/mol. The fourth-order valence-electron chi connectivity index (χ4n) is 3.57. The molecule has 9 nitrogen and oxygen atoms in total. The highest BCUT2D eigenvalue weighted by Crippen LogP contribution is 2.30. The summed E-state index contributed by atoms with van der Waals surface area (Å²) in [5, 5.41) is 16.9. The average Bonchev–Trinajstić information content (AvgIpc) is 2.69. The van der Waals surface area contributed by atoms with Gasteiger partial charge in [0.05, 0.1) is 22.8 Å². The first-order valence-electron chi connectivity index (χ1n) is 9.00.